The summed E-state index contributed by atoms with van der Waals surface area (Å²) >= 11 is 0. The molecule has 2 aromatic carbocycles. The van der Waals surface area contributed by atoms with E-state index in [4.69, 9.17) is 14.2 Å². The molecule has 170 valence electrons. The maximum absolute atomic E-state index is 12.6. The van der Waals surface area contributed by atoms with Crippen LogP contribution in [0.5, 0.6) is 0 Å². The lowest BCUT2D eigenvalue weighted by Crippen LogP contribution is -2.33. The first kappa shape index (κ1) is 22.5. The Bertz CT molecular complexity index is 976. The van der Waals surface area contributed by atoms with E-state index in [1.54, 1.807) is 0 Å². The average Bonchev–Trinajstić information content (AvgIpc) is 3.36. The fourth-order valence-corrected chi connectivity index (χ4v) is 4.22. The first-order chi connectivity index (χ1) is 15.7. The molecule has 0 fully saturated rings. The van der Waals surface area contributed by atoms with Gasteiger partial charge in [-0.05, 0) is 31.9 Å². The summed E-state index contributed by atoms with van der Waals surface area (Å²) in [5.74, 6) is 0.585. The molecule has 0 radical (unpaired) electrons. The first-order valence-corrected chi connectivity index (χ1v) is 11.5. The number of amides is 1. The van der Waals surface area contributed by atoms with Gasteiger partial charge >= 0.3 is 0 Å². The van der Waals surface area contributed by atoms with Gasteiger partial charge in [0.15, 0.2) is 0 Å². The summed E-state index contributed by atoms with van der Waals surface area (Å²) < 4.78 is 17.1. The van der Waals surface area contributed by atoms with Crippen molar-refractivity contribution in [2.24, 2.45) is 0 Å². The molecule has 1 N–H and O–H groups in total. The average molecular weight is 437 g/mol. The number of rotatable bonds is 11. The lowest BCUT2D eigenvalue weighted by Gasteiger charge is -2.22. The number of ether oxygens (including phenoxy) is 3. The number of fused-ring (bicyclic) bond motifs is 2. The summed E-state index contributed by atoms with van der Waals surface area (Å²) in [6, 6.07) is 14.2. The van der Waals surface area contributed by atoms with E-state index in [-0.39, 0.29) is 5.91 Å². The van der Waals surface area contributed by atoms with Crippen LogP contribution in [0.2, 0.25) is 0 Å². The van der Waals surface area contributed by atoms with E-state index in [2.05, 4.69) is 28.4 Å². The summed E-state index contributed by atoms with van der Waals surface area (Å²) in [5, 5.41) is 2.94. The Morgan fingerprint density at radius 3 is 2.47 bits per heavy atom. The number of hydrogen-bond acceptors (Lipinski definition) is 5. The molecule has 0 aliphatic carbocycles. The van der Waals surface area contributed by atoms with Crippen molar-refractivity contribution in [1.29, 1.82) is 0 Å². The third kappa shape index (κ3) is 5.04. The van der Waals surface area contributed by atoms with Crippen LogP contribution < -0.4 is 5.32 Å². The van der Waals surface area contributed by atoms with Gasteiger partial charge < -0.3 is 19.5 Å². The topological polar surface area (TPSA) is 60.0 Å². The number of benzene rings is 2. The molecule has 6 heteroatoms. The molecule has 32 heavy (non-hydrogen) atoms. The number of para-hydroxylation sites is 1. The predicted molar refractivity (Wildman–Crippen MR) is 126 cm³/mol. The van der Waals surface area contributed by atoms with E-state index in [9.17, 15) is 4.79 Å². The van der Waals surface area contributed by atoms with Crippen molar-refractivity contribution in [3.8, 4) is 0 Å². The molecule has 2 aromatic rings. The molecule has 0 saturated carbocycles. The number of carbonyl (C=O) groups is 1. The second-order valence-electron chi connectivity index (χ2n) is 7.97. The van der Waals surface area contributed by atoms with E-state index in [1.165, 1.54) is 5.56 Å². The highest BCUT2D eigenvalue weighted by Crippen LogP contribution is 2.41. The van der Waals surface area contributed by atoms with E-state index in [0.717, 1.165) is 74.9 Å². The molecule has 0 aromatic heterocycles. The molecule has 2 aliphatic heterocycles. The Balaban J connectivity index is 1.46. The van der Waals surface area contributed by atoms with Crippen LogP contribution >= 0.6 is 0 Å². The number of nitrogens with one attached hydrogen (secondary N) is 1. The number of carbonyl (C=O) groups excluding carboxylic acids is 1. The van der Waals surface area contributed by atoms with Crippen LogP contribution in [0.3, 0.4) is 0 Å². The van der Waals surface area contributed by atoms with E-state index in [1.807, 2.05) is 38.1 Å². The molecule has 0 unspecified atom stereocenters. The van der Waals surface area contributed by atoms with Crippen LogP contribution in [-0.4, -0.2) is 56.9 Å². The van der Waals surface area contributed by atoms with Crippen molar-refractivity contribution in [2.45, 2.75) is 26.9 Å². The fourth-order valence-electron chi connectivity index (χ4n) is 4.22. The van der Waals surface area contributed by atoms with Crippen LogP contribution in [-0.2, 0) is 32.0 Å². The zero-order chi connectivity index (χ0) is 22.3. The number of hydrogen-bond donors (Lipinski definition) is 1. The van der Waals surface area contributed by atoms with Crippen molar-refractivity contribution >= 4 is 22.9 Å². The molecule has 6 nitrogen and oxygen atoms in total. The zero-order valence-electron chi connectivity index (χ0n) is 19.0. The van der Waals surface area contributed by atoms with Crippen molar-refractivity contribution < 1.29 is 19.0 Å². The summed E-state index contributed by atoms with van der Waals surface area (Å²) in [6.07, 6.45) is 0.945. The molecular formula is C26H32N2O4. The second kappa shape index (κ2) is 10.8. The van der Waals surface area contributed by atoms with Crippen molar-refractivity contribution in [3.05, 3.63) is 64.7 Å². The van der Waals surface area contributed by atoms with Gasteiger partial charge in [0.2, 0.25) is 0 Å². The van der Waals surface area contributed by atoms with E-state index >= 15 is 0 Å². The standard InChI is InChI=1S/C26H32N2O4/c1-3-30-15-13-28(14-16-31-4-2)12-11-19-9-10-21-20(17-19)18-32-25(21)24-22-7-5-6-8-23(22)27-26(24)29/h5-10,17H,3-4,11-16,18H2,1-2H3,(H,27,29)/b25-24+. The summed E-state index contributed by atoms with van der Waals surface area (Å²) in [4.78, 5) is 15.0. The van der Waals surface area contributed by atoms with Gasteiger partial charge in [-0.1, -0.05) is 36.4 Å². The van der Waals surface area contributed by atoms with Crippen molar-refractivity contribution in [3.63, 3.8) is 0 Å². The van der Waals surface area contributed by atoms with Gasteiger partial charge in [0.05, 0.1) is 18.8 Å². The quantitative estimate of drug-likeness (QED) is 0.427. The van der Waals surface area contributed by atoms with Crippen LogP contribution in [0, 0.1) is 0 Å². The monoisotopic (exact) mass is 436 g/mol. The van der Waals surface area contributed by atoms with Gasteiger partial charge in [-0.25, -0.2) is 0 Å². The highest BCUT2D eigenvalue weighted by Gasteiger charge is 2.32. The Labute approximate surface area is 190 Å². The van der Waals surface area contributed by atoms with Crippen molar-refractivity contribution in [2.75, 3.05) is 51.4 Å². The Morgan fingerprint density at radius 2 is 1.72 bits per heavy atom. The molecule has 2 aliphatic rings. The summed E-state index contributed by atoms with van der Waals surface area (Å²) in [5.41, 5.74) is 5.80. The minimum absolute atomic E-state index is 0.0997. The lowest BCUT2D eigenvalue weighted by atomic mass is 9.98. The maximum atomic E-state index is 12.6. The molecule has 0 spiro atoms. The third-order valence-electron chi connectivity index (χ3n) is 5.91. The van der Waals surface area contributed by atoms with Crippen LogP contribution in [0.1, 0.15) is 36.1 Å². The van der Waals surface area contributed by atoms with Gasteiger partial charge in [0.1, 0.15) is 12.4 Å². The van der Waals surface area contributed by atoms with E-state index < -0.39 is 0 Å². The van der Waals surface area contributed by atoms with Gasteiger partial charge in [-0.3, -0.25) is 9.69 Å². The van der Waals surface area contributed by atoms with Gasteiger partial charge in [-0.15, -0.1) is 0 Å². The number of nitrogens with zero attached hydrogens (tertiary/aromatic N) is 1. The van der Waals surface area contributed by atoms with Crippen LogP contribution in [0.15, 0.2) is 42.5 Å². The molecule has 0 atom stereocenters. The normalized spacial score (nSPS) is 16.8. The SMILES string of the molecule is CCOCCN(CCOCC)CCc1ccc2c(c1)CO/C2=C1/C(=O)Nc2ccccc21. The minimum Gasteiger partial charge on any atom is -0.487 e. The molecular weight excluding hydrogens is 404 g/mol. The molecule has 2 heterocycles. The van der Waals surface area contributed by atoms with E-state index in [0.29, 0.717) is 17.9 Å². The Morgan fingerprint density at radius 1 is 0.969 bits per heavy atom. The Kier molecular flexibility index (Phi) is 7.58. The molecule has 1 amide bonds. The van der Waals surface area contributed by atoms with Gasteiger partial charge in [-0.2, -0.15) is 0 Å². The highest BCUT2D eigenvalue weighted by atomic mass is 16.5. The molecule has 4 rings (SSSR count). The highest BCUT2D eigenvalue weighted by molar-refractivity contribution is 6.36. The zero-order valence-corrected chi connectivity index (χ0v) is 19.0. The molecule has 0 saturated heterocycles. The summed E-state index contributed by atoms with van der Waals surface area (Å²) in [6.45, 7) is 10.2. The number of anilines is 1. The van der Waals surface area contributed by atoms with Crippen LogP contribution in [0.25, 0.3) is 11.3 Å². The van der Waals surface area contributed by atoms with Gasteiger partial charge in [0, 0.05) is 55.2 Å². The third-order valence-corrected chi connectivity index (χ3v) is 5.91. The largest absolute Gasteiger partial charge is 0.487 e. The second-order valence-corrected chi connectivity index (χ2v) is 7.97. The smallest absolute Gasteiger partial charge is 0.260 e. The van der Waals surface area contributed by atoms with Gasteiger partial charge in [0.25, 0.3) is 5.91 Å². The van der Waals surface area contributed by atoms with Crippen molar-refractivity contribution in [1.82, 2.24) is 4.90 Å². The summed E-state index contributed by atoms with van der Waals surface area (Å²) in [7, 11) is 0. The fraction of sp³-hybridized carbons (Fsp3) is 0.423. The lowest BCUT2D eigenvalue weighted by molar-refractivity contribution is -0.110. The maximum Gasteiger partial charge on any atom is 0.260 e. The predicted octanol–water partition coefficient (Wildman–Crippen LogP) is 3.95. The Hall–Kier alpha value is -2.67. The van der Waals surface area contributed by atoms with Crippen LogP contribution in [0.4, 0.5) is 5.69 Å². The molecule has 0 bridgehead atoms. The minimum atomic E-state index is -0.0997. The first-order valence-electron chi connectivity index (χ1n) is 11.5.